The van der Waals surface area contributed by atoms with Crippen molar-refractivity contribution < 1.29 is 9.47 Å². The molecule has 0 bridgehead atoms. The summed E-state index contributed by atoms with van der Waals surface area (Å²) in [6.45, 7) is 1.45. The number of nitrogens with two attached hydrogens (primary N) is 1. The maximum Gasteiger partial charge on any atom is 0.193 e. The number of nitrogens with one attached hydrogen (secondary N) is 1. The molecule has 0 aliphatic carbocycles. The van der Waals surface area contributed by atoms with Gasteiger partial charge in [0, 0.05) is 37.2 Å². The summed E-state index contributed by atoms with van der Waals surface area (Å²) >= 11 is 0. The van der Waals surface area contributed by atoms with E-state index in [0.717, 1.165) is 18.7 Å². The fourth-order valence-corrected chi connectivity index (χ4v) is 1.97. The van der Waals surface area contributed by atoms with Gasteiger partial charge in [0.05, 0.1) is 14.2 Å². The molecule has 0 spiro atoms. The molecule has 1 aromatic carbocycles. The van der Waals surface area contributed by atoms with Crippen LogP contribution in [0.5, 0.6) is 11.5 Å². The van der Waals surface area contributed by atoms with Crippen molar-refractivity contribution in [3.05, 3.63) is 36.7 Å². The summed E-state index contributed by atoms with van der Waals surface area (Å²) in [6, 6.07) is 7.38. The van der Waals surface area contributed by atoms with E-state index >= 15 is 0 Å². The highest BCUT2D eigenvalue weighted by atomic mass is 16.5. The number of ether oxygens (including phenoxy) is 2. The predicted molar refractivity (Wildman–Crippen MR) is 86.5 cm³/mol. The summed E-state index contributed by atoms with van der Waals surface area (Å²) in [5.74, 6) is 1.68. The van der Waals surface area contributed by atoms with Gasteiger partial charge in [-0.15, -0.1) is 0 Å². The van der Waals surface area contributed by atoms with Gasteiger partial charge in [-0.05, 0) is 24.6 Å². The number of anilines is 1. The first-order chi connectivity index (χ1) is 10.7. The summed E-state index contributed by atoms with van der Waals surface area (Å²) in [5, 5.41) is 7.16. The molecule has 1 aromatic heterocycles. The van der Waals surface area contributed by atoms with Gasteiger partial charge < -0.3 is 20.5 Å². The Bertz CT molecular complexity index is 610. The van der Waals surface area contributed by atoms with Crippen LogP contribution in [0.15, 0.2) is 41.7 Å². The van der Waals surface area contributed by atoms with Crippen molar-refractivity contribution >= 4 is 11.6 Å². The number of nitrogens with zero attached hydrogens (tertiary/aromatic N) is 3. The quantitative estimate of drug-likeness (QED) is 0.462. The second-order valence-corrected chi connectivity index (χ2v) is 4.58. The van der Waals surface area contributed by atoms with Crippen molar-refractivity contribution in [1.29, 1.82) is 0 Å². The Labute approximate surface area is 129 Å². The van der Waals surface area contributed by atoms with E-state index in [4.69, 9.17) is 15.2 Å². The van der Waals surface area contributed by atoms with E-state index in [0.29, 0.717) is 24.0 Å². The molecule has 0 saturated carbocycles. The zero-order valence-corrected chi connectivity index (χ0v) is 12.8. The molecule has 0 atom stereocenters. The minimum absolute atomic E-state index is 0.368. The number of aryl methyl sites for hydroxylation is 1. The molecular weight excluding hydrogens is 282 g/mol. The number of guanidine groups is 1. The molecule has 0 amide bonds. The first-order valence-corrected chi connectivity index (χ1v) is 6.99. The van der Waals surface area contributed by atoms with Gasteiger partial charge in [-0.1, -0.05) is 0 Å². The summed E-state index contributed by atoms with van der Waals surface area (Å²) in [7, 11) is 3.19. The van der Waals surface area contributed by atoms with Crippen LogP contribution in [0.3, 0.4) is 0 Å². The molecule has 118 valence electrons. The van der Waals surface area contributed by atoms with Crippen LogP contribution < -0.4 is 20.5 Å². The average Bonchev–Trinajstić information content (AvgIpc) is 3.04. The van der Waals surface area contributed by atoms with E-state index in [1.54, 1.807) is 20.4 Å². The Balaban J connectivity index is 1.85. The van der Waals surface area contributed by atoms with Crippen molar-refractivity contribution in [1.82, 2.24) is 9.78 Å². The normalized spacial score (nSPS) is 11.3. The standard InChI is InChI=1S/C15H21N5O2/c1-21-13-6-5-12(11-14(13)22-2)19-15(16)17-7-3-9-20-10-4-8-18-20/h4-6,8,10-11H,3,7,9H2,1-2H3,(H3,16,17,19). The molecule has 0 saturated heterocycles. The number of aromatic nitrogens is 2. The number of hydrogen-bond donors (Lipinski definition) is 2. The maximum absolute atomic E-state index is 5.87. The molecule has 0 aliphatic rings. The third kappa shape index (κ3) is 4.41. The second kappa shape index (κ2) is 7.92. The molecule has 22 heavy (non-hydrogen) atoms. The van der Waals surface area contributed by atoms with Gasteiger partial charge in [0.25, 0.3) is 0 Å². The monoisotopic (exact) mass is 303 g/mol. The van der Waals surface area contributed by atoms with Crippen LogP contribution in [0.2, 0.25) is 0 Å². The fourth-order valence-electron chi connectivity index (χ4n) is 1.97. The van der Waals surface area contributed by atoms with Crippen LogP contribution in [0, 0.1) is 0 Å². The highest BCUT2D eigenvalue weighted by molar-refractivity contribution is 5.92. The zero-order valence-electron chi connectivity index (χ0n) is 12.8. The van der Waals surface area contributed by atoms with Crippen LogP contribution in [0.4, 0.5) is 5.69 Å². The molecule has 7 nitrogen and oxygen atoms in total. The van der Waals surface area contributed by atoms with Crippen molar-refractivity contribution in [2.45, 2.75) is 13.0 Å². The highest BCUT2D eigenvalue weighted by Gasteiger charge is 2.04. The molecule has 0 aliphatic heterocycles. The lowest BCUT2D eigenvalue weighted by molar-refractivity contribution is 0.355. The Kier molecular flexibility index (Phi) is 5.65. The lowest BCUT2D eigenvalue weighted by Gasteiger charge is -2.10. The minimum atomic E-state index is 0.368. The summed E-state index contributed by atoms with van der Waals surface area (Å²) in [6.07, 6.45) is 4.56. The van der Waals surface area contributed by atoms with Crippen LogP contribution in [0.1, 0.15) is 6.42 Å². The van der Waals surface area contributed by atoms with E-state index in [2.05, 4.69) is 15.4 Å². The topological polar surface area (TPSA) is 86.7 Å². The van der Waals surface area contributed by atoms with E-state index in [1.165, 1.54) is 0 Å². The summed E-state index contributed by atoms with van der Waals surface area (Å²) in [5.41, 5.74) is 6.67. The van der Waals surface area contributed by atoms with Crippen molar-refractivity contribution in [2.24, 2.45) is 10.7 Å². The van der Waals surface area contributed by atoms with E-state index in [1.807, 2.05) is 35.1 Å². The van der Waals surface area contributed by atoms with Crippen molar-refractivity contribution in [2.75, 3.05) is 26.1 Å². The maximum atomic E-state index is 5.87. The SMILES string of the molecule is COc1ccc(NC(N)=NCCCn2cccn2)cc1OC. The molecule has 0 radical (unpaired) electrons. The van der Waals surface area contributed by atoms with Gasteiger partial charge >= 0.3 is 0 Å². The van der Waals surface area contributed by atoms with E-state index < -0.39 is 0 Å². The molecule has 2 aromatic rings. The Hall–Kier alpha value is -2.70. The smallest absolute Gasteiger partial charge is 0.193 e. The van der Waals surface area contributed by atoms with E-state index in [9.17, 15) is 0 Å². The average molecular weight is 303 g/mol. The van der Waals surface area contributed by atoms with Crippen LogP contribution in [0.25, 0.3) is 0 Å². The highest BCUT2D eigenvalue weighted by Crippen LogP contribution is 2.29. The molecule has 0 unspecified atom stereocenters. The fraction of sp³-hybridized carbons (Fsp3) is 0.333. The third-order valence-electron chi connectivity index (χ3n) is 3.04. The minimum Gasteiger partial charge on any atom is -0.493 e. The van der Waals surface area contributed by atoms with Crippen LogP contribution >= 0.6 is 0 Å². The number of methoxy groups -OCH3 is 2. The zero-order chi connectivity index (χ0) is 15.8. The lowest BCUT2D eigenvalue weighted by Crippen LogP contribution is -2.23. The molecule has 2 rings (SSSR count). The van der Waals surface area contributed by atoms with Crippen molar-refractivity contribution in [3.63, 3.8) is 0 Å². The summed E-state index contributed by atoms with van der Waals surface area (Å²) in [4.78, 5) is 4.29. The largest absolute Gasteiger partial charge is 0.493 e. The lowest BCUT2D eigenvalue weighted by atomic mass is 10.3. The number of rotatable bonds is 7. The van der Waals surface area contributed by atoms with Gasteiger partial charge in [0.1, 0.15) is 0 Å². The van der Waals surface area contributed by atoms with Crippen LogP contribution in [-0.2, 0) is 6.54 Å². The number of hydrogen-bond acceptors (Lipinski definition) is 4. The third-order valence-corrected chi connectivity index (χ3v) is 3.04. The Morgan fingerprint density at radius 3 is 2.82 bits per heavy atom. The van der Waals surface area contributed by atoms with E-state index in [-0.39, 0.29) is 0 Å². The predicted octanol–water partition coefficient (Wildman–Crippen LogP) is 1.72. The Morgan fingerprint density at radius 2 is 2.14 bits per heavy atom. The molecular formula is C15H21N5O2. The Morgan fingerprint density at radius 1 is 1.32 bits per heavy atom. The molecule has 1 heterocycles. The van der Waals surface area contributed by atoms with Gasteiger partial charge in [-0.25, -0.2) is 0 Å². The van der Waals surface area contributed by atoms with Gasteiger partial charge in [-0.3, -0.25) is 9.67 Å². The van der Waals surface area contributed by atoms with Crippen molar-refractivity contribution in [3.8, 4) is 11.5 Å². The first-order valence-electron chi connectivity index (χ1n) is 6.99. The van der Waals surface area contributed by atoms with Gasteiger partial charge in [-0.2, -0.15) is 5.10 Å². The van der Waals surface area contributed by atoms with Gasteiger partial charge in [0.2, 0.25) is 0 Å². The number of benzene rings is 1. The summed E-state index contributed by atoms with van der Waals surface area (Å²) < 4.78 is 12.3. The second-order valence-electron chi connectivity index (χ2n) is 4.58. The van der Waals surface area contributed by atoms with Crippen LogP contribution in [-0.4, -0.2) is 36.5 Å². The molecule has 7 heteroatoms. The first kappa shape index (κ1) is 15.7. The molecule has 3 N–H and O–H groups in total. The molecule has 0 fully saturated rings. The number of aliphatic imine (C=N–C) groups is 1. The van der Waals surface area contributed by atoms with Gasteiger partial charge in [0.15, 0.2) is 17.5 Å².